The summed E-state index contributed by atoms with van der Waals surface area (Å²) in [5, 5.41) is 3.12. The second-order valence-corrected chi connectivity index (χ2v) is 14.6. The summed E-state index contributed by atoms with van der Waals surface area (Å²) in [7, 11) is 1.63. The standard InChI is InChI=1S/C36H58FN3O7/c1-10-45-22-27(16-23(2)3)38-33(41)25-17-26(21-39(20-25)35(43)47-36(6,7)8)34(42)40(28-12-13-28)31-19-32(46-15-11-14-44-9)29(24(4)5)18-30(31)37/h18-19,23-28H,10-17,20-22H2,1-9H3,(H,38,41)/t25-,26+,27+/m0/s1. The number of carbonyl (C=O) groups is 3. The van der Waals surface area contributed by atoms with E-state index in [9.17, 15) is 14.4 Å². The summed E-state index contributed by atoms with van der Waals surface area (Å²) < 4.78 is 38.5. The van der Waals surface area contributed by atoms with E-state index in [0.29, 0.717) is 44.5 Å². The fraction of sp³-hybridized carbons (Fsp3) is 0.750. The van der Waals surface area contributed by atoms with E-state index in [2.05, 4.69) is 19.2 Å². The van der Waals surface area contributed by atoms with Crippen LogP contribution in [0.3, 0.4) is 0 Å². The van der Waals surface area contributed by atoms with Crippen LogP contribution in [-0.2, 0) is 23.8 Å². The number of likely N-dealkylation sites (tertiary alicyclic amines) is 1. The minimum absolute atomic E-state index is 0.00306. The van der Waals surface area contributed by atoms with Gasteiger partial charge < -0.3 is 34.1 Å². The molecule has 2 fully saturated rings. The lowest BCUT2D eigenvalue weighted by Gasteiger charge is -2.39. The van der Waals surface area contributed by atoms with Crippen LogP contribution < -0.4 is 15.0 Å². The molecule has 3 amide bonds. The topological polar surface area (TPSA) is 107 Å². The molecule has 1 N–H and O–H groups in total. The number of benzene rings is 1. The van der Waals surface area contributed by atoms with Crippen LogP contribution in [0.4, 0.5) is 14.9 Å². The van der Waals surface area contributed by atoms with Crippen LogP contribution >= 0.6 is 0 Å². The molecule has 1 heterocycles. The minimum atomic E-state index is -0.757. The van der Waals surface area contributed by atoms with Crippen LogP contribution in [0.25, 0.3) is 0 Å². The van der Waals surface area contributed by atoms with Crippen LogP contribution in [-0.4, -0.2) is 87.1 Å². The monoisotopic (exact) mass is 663 g/mol. The third-order valence-electron chi connectivity index (χ3n) is 8.31. The summed E-state index contributed by atoms with van der Waals surface area (Å²) in [5.74, 6) is -1.58. The van der Waals surface area contributed by atoms with Gasteiger partial charge in [-0.05, 0) is 76.8 Å². The molecule has 11 heteroatoms. The summed E-state index contributed by atoms with van der Waals surface area (Å²) in [4.78, 5) is 44.5. The molecule has 0 aromatic heterocycles. The number of piperidine rings is 1. The molecule has 0 unspecified atom stereocenters. The molecule has 1 aromatic carbocycles. The maximum absolute atomic E-state index is 15.9. The Morgan fingerprint density at radius 2 is 1.74 bits per heavy atom. The minimum Gasteiger partial charge on any atom is -0.493 e. The fourth-order valence-electron chi connectivity index (χ4n) is 5.99. The van der Waals surface area contributed by atoms with Gasteiger partial charge in [-0.2, -0.15) is 0 Å². The quantitative estimate of drug-likeness (QED) is 0.207. The van der Waals surface area contributed by atoms with Gasteiger partial charge in [-0.25, -0.2) is 9.18 Å². The normalized spacial score (nSPS) is 19.1. The Bertz CT molecular complexity index is 1200. The SMILES string of the molecule is CCOC[C@@H](CC(C)C)NC(=O)[C@H]1C[C@@H](C(=O)N(c2cc(OCCCOC)c(C(C)C)cc2F)C2CC2)CN(C(=O)OC(C)(C)C)C1. The fourth-order valence-corrected chi connectivity index (χ4v) is 5.99. The van der Waals surface area contributed by atoms with Crippen LogP contribution in [0, 0.1) is 23.6 Å². The number of amides is 3. The number of halogens is 1. The number of anilines is 1. The number of rotatable bonds is 16. The van der Waals surface area contributed by atoms with E-state index in [4.69, 9.17) is 18.9 Å². The number of hydrogen-bond acceptors (Lipinski definition) is 7. The predicted molar refractivity (Wildman–Crippen MR) is 180 cm³/mol. The van der Waals surface area contributed by atoms with E-state index in [1.165, 1.54) is 15.9 Å². The number of nitrogens with zero attached hydrogens (tertiary/aromatic N) is 2. The highest BCUT2D eigenvalue weighted by Gasteiger charge is 2.44. The van der Waals surface area contributed by atoms with Crippen LogP contribution in [0.1, 0.15) is 99.0 Å². The summed E-state index contributed by atoms with van der Waals surface area (Å²) >= 11 is 0. The van der Waals surface area contributed by atoms with E-state index in [1.54, 1.807) is 33.9 Å². The Morgan fingerprint density at radius 1 is 1.06 bits per heavy atom. The van der Waals surface area contributed by atoms with Crippen molar-refractivity contribution in [2.75, 3.05) is 51.5 Å². The zero-order valence-corrected chi connectivity index (χ0v) is 30.0. The van der Waals surface area contributed by atoms with Crippen molar-refractivity contribution >= 4 is 23.6 Å². The van der Waals surface area contributed by atoms with Gasteiger partial charge in [0.05, 0.1) is 36.8 Å². The molecular formula is C36H58FN3O7. The van der Waals surface area contributed by atoms with Gasteiger partial charge in [0, 0.05) is 51.9 Å². The molecule has 0 bridgehead atoms. The van der Waals surface area contributed by atoms with Crippen LogP contribution in [0.15, 0.2) is 12.1 Å². The van der Waals surface area contributed by atoms with Gasteiger partial charge in [0.15, 0.2) is 0 Å². The number of ether oxygens (including phenoxy) is 4. The highest BCUT2D eigenvalue weighted by atomic mass is 19.1. The van der Waals surface area contributed by atoms with Crippen LogP contribution in [0.2, 0.25) is 0 Å². The Balaban J connectivity index is 1.94. The third-order valence-corrected chi connectivity index (χ3v) is 8.31. The Labute approximate surface area is 281 Å². The molecular weight excluding hydrogens is 605 g/mol. The van der Waals surface area contributed by atoms with Gasteiger partial charge >= 0.3 is 6.09 Å². The Morgan fingerprint density at radius 3 is 2.32 bits per heavy atom. The number of carbonyl (C=O) groups excluding carboxylic acids is 3. The van der Waals surface area contributed by atoms with Crippen molar-refractivity contribution in [3.05, 3.63) is 23.5 Å². The molecule has 3 atom stereocenters. The molecule has 266 valence electrons. The van der Waals surface area contributed by atoms with Crippen molar-refractivity contribution in [3.63, 3.8) is 0 Å². The average molecular weight is 664 g/mol. The molecule has 47 heavy (non-hydrogen) atoms. The van der Waals surface area contributed by atoms with Gasteiger partial charge in [-0.15, -0.1) is 0 Å². The number of hydrogen-bond donors (Lipinski definition) is 1. The smallest absolute Gasteiger partial charge is 0.410 e. The van der Waals surface area contributed by atoms with Crippen molar-refractivity contribution in [3.8, 4) is 5.75 Å². The second-order valence-electron chi connectivity index (χ2n) is 14.6. The van der Waals surface area contributed by atoms with Gasteiger partial charge in [-0.3, -0.25) is 9.59 Å². The van der Waals surface area contributed by atoms with Gasteiger partial charge in [-0.1, -0.05) is 27.7 Å². The first kappa shape index (κ1) is 38.5. The van der Waals surface area contributed by atoms with Crippen molar-refractivity contribution in [1.82, 2.24) is 10.2 Å². The molecule has 3 rings (SSSR count). The summed E-state index contributed by atoms with van der Waals surface area (Å²) in [6.07, 6.45) is 2.51. The zero-order valence-electron chi connectivity index (χ0n) is 30.0. The molecule has 1 aromatic rings. The third kappa shape index (κ3) is 11.6. The molecule has 0 radical (unpaired) electrons. The van der Waals surface area contributed by atoms with E-state index < -0.39 is 29.3 Å². The number of nitrogens with one attached hydrogen (secondary N) is 1. The second kappa shape index (κ2) is 17.5. The lowest BCUT2D eigenvalue weighted by atomic mass is 9.87. The summed E-state index contributed by atoms with van der Waals surface area (Å²) in [6.45, 7) is 17.4. The van der Waals surface area contributed by atoms with E-state index in [0.717, 1.165) is 24.8 Å². The highest BCUT2D eigenvalue weighted by molar-refractivity contribution is 5.97. The zero-order chi connectivity index (χ0) is 34.9. The molecule has 2 aliphatic rings. The molecule has 1 aliphatic heterocycles. The van der Waals surface area contributed by atoms with Crippen molar-refractivity contribution in [2.24, 2.45) is 17.8 Å². The Kier molecular flexibility index (Phi) is 14.3. The molecule has 0 spiro atoms. The number of methoxy groups -OCH3 is 1. The maximum atomic E-state index is 15.9. The summed E-state index contributed by atoms with van der Waals surface area (Å²) in [5.41, 5.74) is 0.125. The first-order chi connectivity index (χ1) is 22.1. The van der Waals surface area contributed by atoms with E-state index in [1.807, 2.05) is 20.8 Å². The predicted octanol–water partition coefficient (Wildman–Crippen LogP) is 6.30. The largest absolute Gasteiger partial charge is 0.493 e. The van der Waals surface area contributed by atoms with Crippen molar-refractivity contribution in [1.29, 1.82) is 0 Å². The van der Waals surface area contributed by atoms with Crippen LogP contribution in [0.5, 0.6) is 5.75 Å². The van der Waals surface area contributed by atoms with Gasteiger partial charge in [0.2, 0.25) is 11.8 Å². The highest BCUT2D eigenvalue weighted by Crippen LogP contribution is 2.40. The lowest BCUT2D eigenvalue weighted by Crippen LogP contribution is -2.55. The van der Waals surface area contributed by atoms with E-state index >= 15 is 4.39 Å². The van der Waals surface area contributed by atoms with Gasteiger partial charge in [0.1, 0.15) is 17.2 Å². The maximum Gasteiger partial charge on any atom is 0.410 e. The van der Waals surface area contributed by atoms with Gasteiger partial charge in [0.25, 0.3) is 0 Å². The van der Waals surface area contributed by atoms with Crippen molar-refractivity contribution < 1.29 is 37.7 Å². The first-order valence-electron chi connectivity index (χ1n) is 17.3. The first-order valence-corrected chi connectivity index (χ1v) is 17.3. The molecule has 10 nitrogen and oxygen atoms in total. The molecule has 1 saturated heterocycles. The Hall–Kier alpha value is -2.92. The average Bonchev–Trinajstić information content (AvgIpc) is 3.83. The van der Waals surface area contributed by atoms with E-state index in [-0.39, 0.29) is 55.0 Å². The van der Waals surface area contributed by atoms with Crippen molar-refractivity contribution in [2.45, 2.75) is 111 Å². The lowest BCUT2D eigenvalue weighted by molar-refractivity contribution is -0.131. The molecule has 1 saturated carbocycles. The summed E-state index contributed by atoms with van der Waals surface area (Å²) in [6, 6.07) is 2.73. The molecule has 1 aliphatic carbocycles.